The zero-order valence-corrected chi connectivity index (χ0v) is 20.5. The molecule has 0 aliphatic carbocycles. The van der Waals surface area contributed by atoms with Crippen LogP contribution in [0.1, 0.15) is 122 Å². The predicted molar refractivity (Wildman–Crippen MR) is 116 cm³/mol. The van der Waals surface area contributed by atoms with E-state index in [-0.39, 0.29) is 17.0 Å². The molecule has 3 nitrogen and oxygen atoms in total. The molecule has 0 amide bonds. The summed E-state index contributed by atoms with van der Waals surface area (Å²) in [5.74, 6) is 0. The van der Waals surface area contributed by atoms with E-state index in [0.717, 1.165) is 32.6 Å². The van der Waals surface area contributed by atoms with Gasteiger partial charge in [-0.1, -0.05) is 103 Å². The molecular formula is C24H50BrNO2. The van der Waals surface area contributed by atoms with Gasteiger partial charge in [0.15, 0.2) is 0 Å². The Labute approximate surface area is 186 Å². The SMILES string of the molecule is CCCCCCCCCCCCCCCCCCOC[C@H]1CC[C@@H](C[NH3+])O1.[Br-]. The Morgan fingerprint density at radius 3 is 1.54 bits per heavy atom. The van der Waals surface area contributed by atoms with Crippen molar-refractivity contribution in [2.45, 2.75) is 135 Å². The van der Waals surface area contributed by atoms with Crippen LogP contribution in [0.25, 0.3) is 0 Å². The maximum absolute atomic E-state index is 5.86. The van der Waals surface area contributed by atoms with Crippen LogP contribution in [0.5, 0.6) is 0 Å². The highest BCUT2D eigenvalue weighted by molar-refractivity contribution is 4.72. The maximum atomic E-state index is 5.86. The highest BCUT2D eigenvalue weighted by atomic mass is 79.9. The smallest absolute Gasteiger partial charge is 0.107 e. The molecule has 1 aliphatic heterocycles. The number of hydrogen-bond donors (Lipinski definition) is 1. The van der Waals surface area contributed by atoms with Gasteiger partial charge in [0, 0.05) is 6.61 Å². The van der Waals surface area contributed by atoms with Gasteiger partial charge in [0.1, 0.15) is 12.6 Å². The normalized spacial score (nSPS) is 19.1. The summed E-state index contributed by atoms with van der Waals surface area (Å²) in [7, 11) is 0. The van der Waals surface area contributed by atoms with Gasteiger partial charge in [-0.2, -0.15) is 0 Å². The van der Waals surface area contributed by atoms with E-state index in [0.29, 0.717) is 12.2 Å². The number of halogens is 1. The van der Waals surface area contributed by atoms with Gasteiger partial charge in [0.25, 0.3) is 0 Å². The fraction of sp³-hybridized carbons (Fsp3) is 1.00. The summed E-state index contributed by atoms with van der Waals surface area (Å²) in [4.78, 5) is 0. The van der Waals surface area contributed by atoms with Crippen molar-refractivity contribution >= 4 is 0 Å². The van der Waals surface area contributed by atoms with Crippen molar-refractivity contribution in [1.82, 2.24) is 0 Å². The molecule has 2 atom stereocenters. The minimum atomic E-state index is 0. The Balaban J connectivity index is 0.00000729. The van der Waals surface area contributed by atoms with Gasteiger partial charge in [0.2, 0.25) is 0 Å². The maximum Gasteiger partial charge on any atom is 0.107 e. The molecule has 0 aromatic heterocycles. The minimum Gasteiger partial charge on any atom is -1.00 e. The molecule has 0 saturated carbocycles. The standard InChI is InChI=1S/C24H49NO2.BrH/c1-2-3-4-5-6-7-8-9-10-11-12-13-14-15-16-17-20-26-22-24-19-18-23(21-25)27-24;/h23-24H,2-22,25H2,1H3;1H/t23-,24+;/m0./s1. The molecule has 1 heterocycles. The molecule has 0 unspecified atom stereocenters. The van der Waals surface area contributed by atoms with Gasteiger partial charge in [-0.05, 0) is 19.3 Å². The van der Waals surface area contributed by atoms with Crippen molar-refractivity contribution in [3.8, 4) is 0 Å². The molecule has 1 aliphatic rings. The summed E-state index contributed by atoms with van der Waals surface area (Å²) in [6, 6.07) is 0. The first-order valence-electron chi connectivity index (χ1n) is 12.4. The van der Waals surface area contributed by atoms with E-state index in [4.69, 9.17) is 9.47 Å². The van der Waals surface area contributed by atoms with Crippen LogP contribution in [0.3, 0.4) is 0 Å². The minimum absolute atomic E-state index is 0. The van der Waals surface area contributed by atoms with Crippen molar-refractivity contribution in [1.29, 1.82) is 0 Å². The lowest BCUT2D eigenvalue weighted by Gasteiger charge is -2.11. The second-order valence-electron chi connectivity index (χ2n) is 8.62. The Kier molecular flexibility index (Phi) is 22.3. The van der Waals surface area contributed by atoms with Crippen molar-refractivity contribution in [3.63, 3.8) is 0 Å². The number of hydrogen-bond acceptors (Lipinski definition) is 2. The van der Waals surface area contributed by atoms with E-state index in [1.54, 1.807) is 0 Å². The summed E-state index contributed by atoms with van der Waals surface area (Å²) in [5, 5.41) is 0. The Bertz CT molecular complexity index is 304. The van der Waals surface area contributed by atoms with Gasteiger partial charge in [0.05, 0.1) is 12.7 Å². The lowest BCUT2D eigenvalue weighted by molar-refractivity contribution is -0.385. The van der Waals surface area contributed by atoms with Crippen molar-refractivity contribution < 1.29 is 32.2 Å². The molecule has 170 valence electrons. The Hall–Kier alpha value is 0.360. The van der Waals surface area contributed by atoms with E-state index in [1.165, 1.54) is 103 Å². The number of ether oxygens (including phenoxy) is 2. The van der Waals surface area contributed by atoms with Crippen LogP contribution in [0, 0.1) is 0 Å². The molecule has 3 N–H and O–H groups in total. The monoisotopic (exact) mass is 463 g/mol. The first-order valence-corrected chi connectivity index (χ1v) is 12.4. The Morgan fingerprint density at radius 1 is 0.679 bits per heavy atom. The average Bonchev–Trinajstić information content (AvgIpc) is 3.15. The van der Waals surface area contributed by atoms with Crippen LogP contribution in [0.2, 0.25) is 0 Å². The van der Waals surface area contributed by atoms with Crippen LogP contribution < -0.4 is 22.7 Å². The zero-order chi connectivity index (χ0) is 19.4. The summed E-state index contributed by atoms with van der Waals surface area (Å²) in [6.07, 6.45) is 25.7. The van der Waals surface area contributed by atoms with Gasteiger partial charge in [-0.15, -0.1) is 0 Å². The Morgan fingerprint density at radius 2 is 1.11 bits per heavy atom. The van der Waals surface area contributed by atoms with Gasteiger partial charge >= 0.3 is 0 Å². The molecule has 0 radical (unpaired) electrons. The molecule has 1 rings (SSSR count). The van der Waals surface area contributed by atoms with Crippen LogP contribution in [0.4, 0.5) is 0 Å². The van der Waals surface area contributed by atoms with Crippen LogP contribution in [-0.2, 0) is 9.47 Å². The molecule has 1 saturated heterocycles. The van der Waals surface area contributed by atoms with Crippen LogP contribution >= 0.6 is 0 Å². The quantitative estimate of drug-likeness (QED) is 0.282. The molecule has 28 heavy (non-hydrogen) atoms. The largest absolute Gasteiger partial charge is 1.00 e. The van der Waals surface area contributed by atoms with Crippen molar-refractivity contribution in [2.24, 2.45) is 0 Å². The van der Waals surface area contributed by atoms with Gasteiger partial charge < -0.3 is 32.2 Å². The van der Waals surface area contributed by atoms with E-state index in [1.807, 2.05) is 0 Å². The lowest BCUT2D eigenvalue weighted by Crippen LogP contribution is -3.00. The summed E-state index contributed by atoms with van der Waals surface area (Å²) < 4.78 is 11.6. The molecule has 0 spiro atoms. The molecule has 0 aromatic rings. The van der Waals surface area contributed by atoms with E-state index >= 15 is 0 Å². The third-order valence-corrected chi connectivity index (χ3v) is 5.96. The molecule has 0 aromatic carbocycles. The topological polar surface area (TPSA) is 46.1 Å². The lowest BCUT2D eigenvalue weighted by atomic mass is 10.0. The van der Waals surface area contributed by atoms with E-state index in [2.05, 4.69) is 12.7 Å². The summed E-state index contributed by atoms with van der Waals surface area (Å²) in [5.41, 5.74) is 3.92. The number of rotatable bonds is 20. The van der Waals surface area contributed by atoms with Gasteiger partial charge in [-0.3, -0.25) is 0 Å². The molecule has 4 heteroatoms. The molecular weight excluding hydrogens is 414 g/mol. The predicted octanol–water partition coefficient (Wildman–Crippen LogP) is 3.06. The van der Waals surface area contributed by atoms with Crippen LogP contribution in [0.15, 0.2) is 0 Å². The summed E-state index contributed by atoms with van der Waals surface area (Å²) in [6.45, 7) is 4.89. The van der Waals surface area contributed by atoms with E-state index in [9.17, 15) is 0 Å². The highest BCUT2D eigenvalue weighted by Crippen LogP contribution is 2.19. The second kappa shape index (κ2) is 22.1. The van der Waals surface area contributed by atoms with E-state index < -0.39 is 0 Å². The fourth-order valence-electron chi connectivity index (χ4n) is 4.08. The fourth-order valence-corrected chi connectivity index (χ4v) is 4.08. The third-order valence-electron chi connectivity index (χ3n) is 5.96. The van der Waals surface area contributed by atoms with Gasteiger partial charge in [-0.25, -0.2) is 0 Å². The second-order valence-corrected chi connectivity index (χ2v) is 8.62. The number of quaternary nitrogens is 1. The average molecular weight is 465 g/mol. The number of unbranched alkanes of at least 4 members (excludes halogenated alkanes) is 15. The first-order chi connectivity index (χ1) is 13.4. The third kappa shape index (κ3) is 17.2. The first kappa shape index (κ1) is 28.4. The summed E-state index contributed by atoms with van der Waals surface area (Å²) >= 11 is 0. The van der Waals surface area contributed by atoms with Crippen LogP contribution in [-0.4, -0.2) is 32.0 Å². The molecule has 0 bridgehead atoms. The highest BCUT2D eigenvalue weighted by Gasteiger charge is 2.25. The van der Waals surface area contributed by atoms with Crippen molar-refractivity contribution in [3.05, 3.63) is 0 Å². The van der Waals surface area contributed by atoms with Crippen molar-refractivity contribution in [2.75, 3.05) is 19.8 Å². The molecule has 1 fully saturated rings. The zero-order valence-electron chi connectivity index (χ0n) is 18.9.